The highest BCUT2D eigenvalue weighted by atomic mass is 19.1. The molecule has 1 atom stereocenters. The van der Waals surface area contributed by atoms with Crippen LogP contribution in [0.2, 0.25) is 0 Å². The third kappa shape index (κ3) is 3.91. The Kier molecular flexibility index (Phi) is 4.93. The summed E-state index contributed by atoms with van der Waals surface area (Å²) < 4.78 is 19.3. The van der Waals surface area contributed by atoms with Crippen molar-refractivity contribution in [2.45, 2.75) is 45.4 Å². The number of halogens is 1. The van der Waals surface area contributed by atoms with E-state index in [2.05, 4.69) is 11.9 Å². The van der Waals surface area contributed by atoms with Gasteiger partial charge in [-0.1, -0.05) is 26.0 Å². The maximum Gasteiger partial charge on any atom is 0.225 e. The monoisotopic (exact) mass is 344 g/mol. The molecule has 0 N–H and O–H groups in total. The molecule has 1 aliphatic rings. The fourth-order valence-corrected chi connectivity index (χ4v) is 3.48. The summed E-state index contributed by atoms with van der Waals surface area (Å²) in [6.07, 6.45) is 4.11. The lowest BCUT2D eigenvalue weighted by atomic mass is 9.81. The van der Waals surface area contributed by atoms with E-state index in [1.807, 2.05) is 24.8 Å². The lowest BCUT2D eigenvalue weighted by molar-refractivity contribution is -0.136. The lowest BCUT2D eigenvalue weighted by Gasteiger charge is -2.39. The summed E-state index contributed by atoms with van der Waals surface area (Å²) in [5.74, 6) is 1.31. The van der Waals surface area contributed by atoms with Crippen molar-refractivity contribution < 1.29 is 13.6 Å². The molecule has 25 heavy (non-hydrogen) atoms. The molecule has 0 aliphatic carbocycles. The SMILES string of the molecule is CC(C)C(=O)N1CCCC(C)(c2ncc(Cc3cccc(F)c3)o2)C1. The second-order valence-electron chi connectivity index (χ2n) is 7.52. The summed E-state index contributed by atoms with van der Waals surface area (Å²) in [5.41, 5.74) is 0.580. The zero-order valence-corrected chi connectivity index (χ0v) is 15.1. The van der Waals surface area contributed by atoms with Crippen molar-refractivity contribution in [1.29, 1.82) is 0 Å². The van der Waals surface area contributed by atoms with Crippen LogP contribution in [0.3, 0.4) is 0 Å². The summed E-state index contributed by atoms with van der Waals surface area (Å²) in [6.45, 7) is 7.38. The number of amides is 1. The van der Waals surface area contributed by atoms with Gasteiger partial charge in [0.1, 0.15) is 11.6 Å². The molecule has 1 aliphatic heterocycles. The van der Waals surface area contributed by atoms with Crippen LogP contribution in [0.15, 0.2) is 34.9 Å². The van der Waals surface area contributed by atoms with Crippen LogP contribution in [0.1, 0.15) is 50.8 Å². The number of oxazole rings is 1. The van der Waals surface area contributed by atoms with Gasteiger partial charge in [0.15, 0.2) is 0 Å². The Morgan fingerprint density at radius 1 is 1.44 bits per heavy atom. The molecular weight excluding hydrogens is 319 g/mol. The van der Waals surface area contributed by atoms with Crippen molar-refractivity contribution in [2.24, 2.45) is 5.92 Å². The van der Waals surface area contributed by atoms with Crippen LogP contribution in [0.4, 0.5) is 4.39 Å². The number of carbonyl (C=O) groups excluding carboxylic acids is 1. The molecule has 0 spiro atoms. The number of piperidine rings is 1. The quantitative estimate of drug-likeness (QED) is 0.844. The summed E-state index contributed by atoms with van der Waals surface area (Å²) >= 11 is 0. The molecule has 0 bridgehead atoms. The predicted molar refractivity (Wildman–Crippen MR) is 93.7 cm³/mol. The number of hydrogen-bond donors (Lipinski definition) is 0. The molecule has 3 rings (SSSR count). The van der Waals surface area contributed by atoms with Crippen LogP contribution >= 0.6 is 0 Å². The predicted octanol–water partition coefficient (Wildman–Crippen LogP) is 3.94. The molecule has 0 saturated carbocycles. The first-order valence-corrected chi connectivity index (χ1v) is 8.86. The highest BCUT2D eigenvalue weighted by Crippen LogP contribution is 2.34. The van der Waals surface area contributed by atoms with E-state index in [9.17, 15) is 9.18 Å². The van der Waals surface area contributed by atoms with E-state index < -0.39 is 0 Å². The zero-order chi connectivity index (χ0) is 18.0. The van der Waals surface area contributed by atoms with E-state index in [-0.39, 0.29) is 23.1 Å². The Hall–Kier alpha value is -2.17. The van der Waals surface area contributed by atoms with Crippen molar-refractivity contribution in [2.75, 3.05) is 13.1 Å². The topological polar surface area (TPSA) is 46.3 Å². The number of aromatic nitrogens is 1. The molecule has 134 valence electrons. The summed E-state index contributed by atoms with van der Waals surface area (Å²) in [4.78, 5) is 18.7. The lowest BCUT2D eigenvalue weighted by Crippen LogP contribution is -2.48. The normalized spacial score (nSPS) is 20.9. The van der Waals surface area contributed by atoms with Crippen LogP contribution in [0, 0.1) is 11.7 Å². The average molecular weight is 344 g/mol. The number of benzene rings is 1. The largest absolute Gasteiger partial charge is 0.445 e. The van der Waals surface area contributed by atoms with Gasteiger partial charge in [-0.25, -0.2) is 9.37 Å². The molecule has 1 amide bonds. The fourth-order valence-electron chi connectivity index (χ4n) is 3.48. The van der Waals surface area contributed by atoms with Gasteiger partial charge in [-0.05, 0) is 37.5 Å². The Balaban J connectivity index is 1.75. The molecule has 1 saturated heterocycles. The number of hydrogen-bond acceptors (Lipinski definition) is 3. The highest BCUT2D eigenvalue weighted by Gasteiger charge is 2.38. The zero-order valence-electron chi connectivity index (χ0n) is 15.1. The Labute approximate surface area is 148 Å². The van der Waals surface area contributed by atoms with Crippen molar-refractivity contribution in [3.8, 4) is 0 Å². The fraction of sp³-hybridized carbons (Fsp3) is 0.500. The van der Waals surface area contributed by atoms with E-state index in [0.29, 0.717) is 24.6 Å². The van der Waals surface area contributed by atoms with E-state index in [1.54, 1.807) is 12.3 Å². The van der Waals surface area contributed by atoms with Gasteiger partial charge in [-0.3, -0.25) is 4.79 Å². The second kappa shape index (κ2) is 6.98. The summed E-state index contributed by atoms with van der Waals surface area (Å²) in [7, 11) is 0. The first-order chi connectivity index (χ1) is 11.9. The number of rotatable bonds is 4. The molecule has 0 radical (unpaired) electrons. The van der Waals surface area contributed by atoms with Crippen molar-refractivity contribution in [3.63, 3.8) is 0 Å². The third-order valence-electron chi connectivity index (χ3n) is 4.84. The van der Waals surface area contributed by atoms with Crippen LogP contribution in [-0.4, -0.2) is 28.9 Å². The smallest absolute Gasteiger partial charge is 0.225 e. The maximum absolute atomic E-state index is 13.3. The van der Waals surface area contributed by atoms with Gasteiger partial charge in [-0.15, -0.1) is 0 Å². The number of likely N-dealkylation sites (tertiary alicyclic amines) is 1. The molecule has 4 nitrogen and oxygen atoms in total. The molecule has 5 heteroatoms. The van der Waals surface area contributed by atoms with Crippen LogP contribution in [-0.2, 0) is 16.6 Å². The maximum atomic E-state index is 13.3. The van der Waals surface area contributed by atoms with Crippen molar-refractivity contribution >= 4 is 5.91 Å². The van der Waals surface area contributed by atoms with Crippen LogP contribution < -0.4 is 0 Å². The average Bonchev–Trinajstić information content (AvgIpc) is 3.03. The van der Waals surface area contributed by atoms with Crippen molar-refractivity contribution in [3.05, 3.63) is 53.5 Å². The molecule has 1 fully saturated rings. The minimum atomic E-state index is -0.275. The standard InChI is InChI=1S/C20H25FN2O2/c1-14(2)18(24)23-9-5-8-20(3,13-23)19-22-12-17(25-19)11-15-6-4-7-16(21)10-15/h4,6-7,10,12,14H,5,8-9,11,13H2,1-3H3. The van der Waals surface area contributed by atoms with Gasteiger partial charge < -0.3 is 9.32 Å². The Bertz CT molecular complexity index is 756. The van der Waals surface area contributed by atoms with Crippen molar-refractivity contribution in [1.82, 2.24) is 9.88 Å². The molecule has 2 heterocycles. The van der Waals surface area contributed by atoms with Crippen LogP contribution in [0.25, 0.3) is 0 Å². The van der Waals surface area contributed by atoms with Gasteiger partial charge in [0.2, 0.25) is 11.8 Å². The van der Waals surface area contributed by atoms with Gasteiger partial charge in [0.25, 0.3) is 0 Å². The van der Waals surface area contributed by atoms with E-state index in [0.717, 1.165) is 24.9 Å². The number of carbonyl (C=O) groups is 1. The van der Waals surface area contributed by atoms with E-state index in [4.69, 9.17) is 4.42 Å². The minimum absolute atomic E-state index is 0.00421. The summed E-state index contributed by atoms with van der Waals surface area (Å²) in [5, 5.41) is 0. The Morgan fingerprint density at radius 2 is 2.24 bits per heavy atom. The second-order valence-corrected chi connectivity index (χ2v) is 7.52. The highest BCUT2D eigenvalue weighted by molar-refractivity contribution is 5.78. The number of nitrogens with zero attached hydrogens (tertiary/aromatic N) is 2. The van der Waals surface area contributed by atoms with Gasteiger partial charge in [0, 0.05) is 25.4 Å². The molecule has 1 aromatic heterocycles. The van der Waals surface area contributed by atoms with Gasteiger partial charge in [0.05, 0.1) is 11.6 Å². The van der Waals surface area contributed by atoms with Gasteiger partial charge in [-0.2, -0.15) is 0 Å². The molecule has 1 unspecified atom stereocenters. The van der Waals surface area contributed by atoms with Gasteiger partial charge >= 0.3 is 0 Å². The molecule has 1 aromatic carbocycles. The third-order valence-corrected chi connectivity index (χ3v) is 4.84. The summed E-state index contributed by atoms with van der Waals surface area (Å²) in [6, 6.07) is 6.50. The first-order valence-electron chi connectivity index (χ1n) is 8.86. The minimum Gasteiger partial charge on any atom is -0.445 e. The molecular formula is C20H25FN2O2. The van der Waals surface area contributed by atoms with E-state index in [1.165, 1.54) is 12.1 Å². The Morgan fingerprint density at radius 3 is 2.96 bits per heavy atom. The van der Waals surface area contributed by atoms with E-state index >= 15 is 0 Å². The molecule has 2 aromatic rings. The van der Waals surface area contributed by atoms with Crippen LogP contribution in [0.5, 0.6) is 0 Å². The first kappa shape index (κ1) is 17.6.